The van der Waals surface area contributed by atoms with E-state index in [1.54, 1.807) is 23.7 Å². The van der Waals surface area contributed by atoms with E-state index in [-0.39, 0.29) is 17.2 Å². The number of alkyl halides is 6. The van der Waals surface area contributed by atoms with Gasteiger partial charge >= 0.3 is 24.3 Å². The number of aliphatic carboxylic acids is 2. The molecule has 1 amide bonds. The van der Waals surface area contributed by atoms with E-state index in [9.17, 15) is 31.1 Å². The summed E-state index contributed by atoms with van der Waals surface area (Å²) >= 11 is 1.80. The second-order valence-electron chi connectivity index (χ2n) is 8.66. The minimum atomic E-state index is -5.08. The lowest BCUT2D eigenvalue weighted by atomic mass is 9.77. The van der Waals surface area contributed by atoms with E-state index in [1.165, 1.54) is 10.4 Å². The Hall–Kier alpha value is -3.40. The van der Waals surface area contributed by atoms with Gasteiger partial charge in [-0.1, -0.05) is 0 Å². The second-order valence-corrected chi connectivity index (χ2v) is 9.66. The zero-order valence-corrected chi connectivity index (χ0v) is 21.2. The number of aromatic nitrogens is 1. The lowest BCUT2D eigenvalue weighted by Gasteiger charge is -2.28. The van der Waals surface area contributed by atoms with Gasteiger partial charge in [0.2, 0.25) is 5.91 Å². The van der Waals surface area contributed by atoms with Crippen LogP contribution in [-0.4, -0.2) is 76.5 Å². The molecule has 1 spiro atoms. The quantitative estimate of drug-likeness (QED) is 0.453. The minimum Gasteiger partial charge on any atom is -0.492 e. The van der Waals surface area contributed by atoms with Crippen LogP contribution >= 0.6 is 11.3 Å². The Bertz CT molecular complexity index is 1100. The van der Waals surface area contributed by atoms with Crippen LogP contribution in [0.1, 0.15) is 16.9 Å². The van der Waals surface area contributed by atoms with Gasteiger partial charge in [0.25, 0.3) is 0 Å². The van der Waals surface area contributed by atoms with Crippen LogP contribution in [0.25, 0.3) is 0 Å². The molecule has 4 rings (SSSR count). The van der Waals surface area contributed by atoms with Crippen molar-refractivity contribution in [2.45, 2.75) is 32.2 Å². The fourth-order valence-corrected chi connectivity index (χ4v) is 4.91. The standard InChI is InChI=1S/C19H23N3O2S.2C2HF3O2/c1-14-4-8-25-17(14)11-22-7-5-19(13-22)15(9-21-18(19)23)12-24-16-3-2-6-20-10-16;2*3-2(4,5)1(6)7/h2-4,6,8,10,15H,5,7,9,11-13H2,1H3,(H,21,23);2*(H,6,7)/t15-,19+;;/m0../s1. The van der Waals surface area contributed by atoms with Crippen molar-refractivity contribution in [3.63, 3.8) is 0 Å². The summed E-state index contributed by atoms with van der Waals surface area (Å²) in [6.07, 6.45) is -5.81. The van der Waals surface area contributed by atoms with E-state index < -0.39 is 24.3 Å². The molecule has 0 unspecified atom stereocenters. The summed E-state index contributed by atoms with van der Waals surface area (Å²) in [6.45, 7) is 6.13. The number of carbonyl (C=O) groups is 3. The van der Waals surface area contributed by atoms with Gasteiger partial charge in [-0.2, -0.15) is 26.3 Å². The monoisotopic (exact) mass is 585 g/mol. The Kier molecular flexibility index (Phi) is 10.7. The van der Waals surface area contributed by atoms with Crippen LogP contribution in [0.2, 0.25) is 0 Å². The van der Waals surface area contributed by atoms with Crippen LogP contribution in [0, 0.1) is 18.3 Å². The summed E-state index contributed by atoms with van der Waals surface area (Å²) in [5.74, 6) is -4.35. The van der Waals surface area contributed by atoms with Gasteiger partial charge in [-0.05, 0) is 49.0 Å². The number of pyridine rings is 1. The van der Waals surface area contributed by atoms with E-state index in [0.717, 1.165) is 31.8 Å². The molecule has 2 aliphatic heterocycles. The van der Waals surface area contributed by atoms with Gasteiger partial charge in [-0.25, -0.2) is 9.59 Å². The van der Waals surface area contributed by atoms with Crippen LogP contribution in [0.15, 0.2) is 36.0 Å². The van der Waals surface area contributed by atoms with E-state index in [2.05, 4.69) is 33.6 Å². The van der Waals surface area contributed by atoms with E-state index >= 15 is 0 Å². The first-order valence-corrected chi connectivity index (χ1v) is 12.1. The number of carboxylic acid groups (broad SMARTS) is 2. The average Bonchev–Trinajstić information content (AvgIpc) is 3.54. The molecule has 2 atom stereocenters. The van der Waals surface area contributed by atoms with E-state index in [1.807, 2.05) is 12.1 Å². The van der Waals surface area contributed by atoms with Crippen molar-refractivity contribution in [3.05, 3.63) is 46.4 Å². The van der Waals surface area contributed by atoms with Gasteiger partial charge in [-0.15, -0.1) is 11.3 Å². The van der Waals surface area contributed by atoms with E-state index in [0.29, 0.717) is 13.2 Å². The summed E-state index contributed by atoms with van der Waals surface area (Å²) in [4.78, 5) is 38.3. The van der Waals surface area contributed by atoms with Crippen LogP contribution in [-0.2, 0) is 20.9 Å². The number of thiophene rings is 1. The molecule has 0 bridgehead atoms. The van der Waals surface area contributed by atoms with Crippen molar-refractivity contribution in [3.8, 4) is 5.75 Å². The number of halogens is 6. The Balaban J connectivity index is 0.000000317. The van der Waals surface area contributed by atoms with Crippen molar-refractivity contribution in [2.75, 3.05) is 26.2 Å². The van der Waals surface area contributed by atoms with Gasteiger partial charge in [0.1, 0.15) is 5.75 Å². The number of carboxylic acids is 2. The fraction of sp³-hybridized carbons (Fsp3) is 0.478. The minimum absolute atomic E-state index is 0.192. The third-order valence-electron chi connectivity index (χ3n) is 6.03. The Morgan fingerprint density at radius 2 is 1.79 bits per heavy atom. The molecular weight excluding hydrogens is 560 g/mol. The number of rotatable bonds is 5. The van der Waals surface area contributed by atoms with Crippen LogP contribution in [0.3, 0.4) is 0 Å². The molecule has 2 aliphatic rings. The number of ether oxygens (including phenoxy) is 1. The second kappa shape index (κ2) is 13.1. The van der Waals surface area contributed by atoms with Crippen LogP contribution in [0.4, 0.5) is 26.3 Å². The number of nitrogens with zero attached hydrogens (tertiary/aromatic N) is 2. The van der Waals surface area contributed by atoms with E-state index in [4.69, 9.17) is 24.5 Å². The Morgan fingerprint density at radius 1 is 1.18 bits per heavy atom. The van der Waals surface area contributed by atoms with Crippen molar-refractivity contribution in [2.24, 2.45) is 11.3 Å². The van der Waals surface area contributed by atoms with Gasteiger partial charge in [-0.3, -0.25) is 14.7 Å². The molecule has 2 fully saturated rings. The normalized spacial score (nSPS) is 20.9. The van der Waals surface area contributed by atoms with Crippen molar-refractivity contribution in [1.82, 2.24) is 15.2 Å². The first-order chi connectivity index (χ1) is 18.1. The molecule has 0 aliphatic carbocycles. The number of likely N-dealkylation sites (tertiary alicyclic amines) is 1. The topological polar surface area (TPSA) is 129 Å². The number of hydrogen-bond acceptors (Lipinski definition) is 7. The van der Waals surface area contributed by atoms with Gasteiger partial charge < -0.3 is 20.3 Å². The molecule has 39 heavy (non-hydrogen) atoms. The lowest BCUT2D eigenvalue weighted by molar-refractivity contribution is -0.193. The smallest absolute Gasteiger partial charge is 0.490 e. The number of aryl methyl sites for hydroxylation is 1. The third-order valence-corrected chi connectivity index (χ3v) is 7.04. The summed E-state index contributed by atoms with van der Waals surface area (Å²) in [7, 11) is 0. The maximum atomic E-state index is 12.6. The molecule has 4 heterocycles. The summed E-state index contributed by atoms with van der Waals surface area (Å²) < 4.78 is 69.4. The van der Waals surface area contributed by atoms with Crippen LogP contribution in [0.5, 0.6) is 5.75 Å². The highest BCUT2D eigenvalue weighted by atomic mass is 32.1. The van der Waals surface area contributed by atoms with Crippen molar-refractivity contribution in [1.29, 1.82) is 0 Å². The number of hydrogen-bond donors (Lipinski definition) is 3. The number of carbonyl (C=O) groups excluding carboxylic acids is 1. The average molecular weight is 586 g/mol. The molecule has 0 radical (unpaired) electrons. The molecule has 216 valence electrons. The zero-order chi connectivity index (χ0) is 29.4. The van der Waals surface area contributed by atoms with Gasteiger partial charge in [0.15, 0.2) is 0 Å². The molecule has 2 aromatic heterocycles. The Labute approximate surface area is 222 Å². The van der Waals surface area contributed by atoms with Crippen molar-refractivity contribution >= 4 is 29.2 Å². The largest absolute Gasteiger partial charge is 0.492 e. The molecule has 0 aromatic carbocycles. The van der Waals surface area contributed by atoms with Crippen molar-refractivity contribution < 1.29 is 55.7 Å². The molecule has 9 nitrogen and oxygen atoms in total. The number of amides is 1. The maximum absolute atomic E-state index is 12.6. The zero-order valence-electron chi connectivity index (χ0n) is 20.4. The molecule has 2 saturated heterocycles. The van der Waals surface area contributed by atoms with Crippen LogP contribution < -0.4 is 10.1 Å². The van der Waals surface area contributed by atoms with Gasteiger partial charge in [0.05, 0.1) is 18.2 Å². The SMILES string of the molecule is Cc1ccsc1CN1CC[C@]2(C1)C(=O)NC[C@H]2COc1cccnc1.O=C(O)C(F)(F)F.O=C(O)C(F)(F)F. The Morgan fingerprint density at radius 3 is 2.28 bits per heavy atom. The number of nitrogens with one attached hydrogen (secondary N) is 1. The summed E-state index contributed by atoms with van der Waals surface area (Å²) in [5, 5.41) is 19.5. The molecular formula is C23H25F6N3O6S. The summed E-state index contributed by atoms with van der Waals surface area (Å²) in [5.41, 5.74) is 1.03. The first kappa shape index (κ1) is 31.8. The fourth-order valence-electron chi connectivity index (χ4n) is 3.96. The summed E-state index contributed by atoms with van der Waals surface area (Å²) in [6, 6.07) is 5.94. The third kappa shape index (κ3) is 9.09. The highest BCUT2D eigenvalue weighted by Crippen LogP contribution is 2.42. The predicted molar refractivity (Wildman–Crippen MR) is 125 cm³/mol. The predicted octanol–water partition coefficient (Wildman–Crippen LogP) is 3.74. The molecule has 16 heteroatoms. The lowest BCUT2D eigenvalue weighted by Crippen LogP contribution is -2.40. The first-order valence-electron chi connectivity index (χ1n) is 11.2. The molecule has 3 N–H and O–H groups in total. The maximum Gasteiger partial charge on any atom is 0.490 e. The molecule has 2 aromatic rings. The molecule has 0 saturated carbocycles. The van der Waals surface area contributed by atoms with Gasteiger partial charge in [0, 0.05) is 36.6 Å². The highest BCUT2D eigenvalue weighted by Gasteiger charge is 2.54. The highest BCUT2D eigenvalue weighted by molar-refractivity contribution is 7.10.